The first-order valence-corrected chi connectivity index (χ1v) is 8.06. The Kier molecular flexibility index (Phi) is 5.89. The average Bonchev–Trinajstić information content (AvgIpc) is 2.41. The van der Waals surface area contributed by atoms with E-state index in [-0.39, 0.29) is 6.29 Å². The third kappa shape index (κ3) is 3.67. The molecular formula is C13H23BrO4. The fourth-order valence-corrected chi connectivity index (χ4v) is 3.01. The molecule has 0 aromatic carbocycles. The second-order valence-electron chi connectivity index (χ2n) is 5.02. The molecule has 0 amide bonds. The van der Waals surface area contributed by atoms with Crippen LogP contribution >= 0.6 is 15.9 Å². The number of rotatable bonds is 5. The Hall–Kier alpha value is 0.320. The molecule has 2 aliphatic rings. The lowest BCUT2D eigenvalue weighted by atomic mass is 9.98. The van der Waals surface area contributed by atoms with E-state index < -0.39 is 11.9 Å². The van der Waals surface area contributed by atoms with Crippen molar-refractivity contribution in [1.82, 2.24) is 0 Å². The van der Waals surface area contributed by atoms with Crippen LogP contribution in [0.25, 0.3) is 0 Å². The number of alkyl halides is 1. The molecule has 2 saturated heterocycles. The molecule has 0 radical (unpaired) electrons. The summed E-state index contributed by atoms with van der Waals surface area (Å²) < 4.78 is 17.4. The molecule has 18 heavy (non-hydrogen) atoms. The molecule has 2 rings (SSSR count). The zero-order valence-corrected chi connectivity index (χ0v) is 12.4. The Bertz CT molecular complexity index is 237. The summed E-state index contributed by atoms with van der Waals surface area (Å²) in [5.41, 5.74) is 0. The maximum atomic E-state index is 10.3. The molecule has 0 saturated carbocycles. The first-order valence-electron chi connectivity index (χ1n) is 6.94. The van der Waals surface area contributed by atoms with Gasteiger partial charge >= 0.3 is 0 Å². The zero-order chi connectivity index (χ0) is 12.8. The van der Waals surface area contributed by atoms with E-state index >= 15 is 0 Å². The first kappa shape index (κ1) is 14.7. The van der Waals surface area contributed by atoms with Gasteiger partial charge < -0.3 is 19.3 Å². The second kappa shape index (κ2) is 7.20. The van der Waals surface area contributed by atoms with E-state index in [1.807, 2.05) is 0 Å². The van der Waals surface area contributed by atoms with Gasteiger partial charge in [0.1, 0.15) is 6.10 Å². The number of hydrogen-bond acceptors (Lipinski definition) is 4. The summed E-state index contributed by atoms with van der Waals surface area (Å²) >= 11 is 3.36. The van der Waals surface area contributed by atoms with Gasteiger partial charge in [-0.3, -0.25) is 0 Å². The third-order valence-corrected chi connectivity index (χ3v) is 4.08. The van der Waals surface area contributed by atoms with E-state index in [0.29, 0.717) is 13.0 Å². The molecule has 3 atom stereocenters. The number of ether oxygens (including phenoxy) is 3. The van der Waals surface area contributed by atoms with Gasteiger partial charge in [-0.2, -0.15) is 0 Å². The molecule has 0 aromatic heterocycles. The summed E-state index contributed by atoms with van der Waals surface area (Å²) in [5, 5.41) is 11.1. The standard InChI is InChI=1S/C13H23BrO4/c14-8-6-11(15)13(7-2-4-10-17-13)18-12-5-1-3-9-16-12/h11-12,15H,1-10H2. The van der Waals surface area contributed by atoms with Gasteiger partial charge in [0.2, 0.25) is 0 Å². The number of aliphatic hydroxyl groups excluding tert-OH is 1. The van der Waals surface area contributed by atoms with Crippen LogP contribution in [0, 0.1) is 0 Å². The van der Waals surface area contributed by atoms with E-state index in [0.717, 1.165) is 50.5 Å². The van der Waals surface area contributed by atoms with E-state index in [1.54, 1.807) is 0 Å². The van der Waals surface area contributed by atoms with Gasteiger partial charge in [-0.25, -0.2) is 0 Å². The van der Waals surface area contributed by atoms with Crippen LogP contribution in [-0.4, -0.2) is 41.8 Å². The zero-order valence-electron chi connectivity index (χ0n) is 10.8. The van der Waals surface area contributed by atoms with Gasteiger partial charge in [-0.05, 0) is 38.5 Å². The largest absolute Gasteiger partial charge is 0.387 e. The molecule has 0 aliphatic carbocycles. The molecule has 2 heterocycles. The molecule has 1 N–H and O–H groups in total. The predicted molar refractivity (Wildman–Crippen MR) is 71.6 cm³/mol. The molecule has 0 aromatic rings. The topological polar surface area (TPSA) is 47.9 Å². The molecule has 5 heteroatoms. The van der Waals surface area contributed by atoms with Crippen molar-refractivity contribution in [3.63, 3.8) is 0 Å². The van der Waals surface area contributed by atoms with Crippen LogP contribution in [0.3, 0.4) is 0 Å². The smallest absolute Gasteiger partial charge is 0.197 e. The molecule has 0 bridgehead atoms. The van der Waals surface area contributed by atoms with E-state index in [2.05, 4.69) is 15.9 Å². The number of aliphatic hydroxyl groups is 1. The average molecular weight is 323 g/mol. The summed E-state index contributed by atoms with van der Waals surface area (Å²) in [4.78, 5) is 0. The SMILES string of the molecule is OC(CCBr)C1(OC2CCCCO2)CCCCO1. The first-order chi connectivity index (χ1) is 8.77. The third-order valence-electron chi connectivity index (χ3n) is 3.63. The minimum atomic E-state index is -0.853. The summed E-state index contributed by atoms with van der Waals surface area (Å²) in [7, 11) is 0. The maximum absolute atomic E-state index is 10.3. The van der Waals surface area contributed by atoms with Crippen molar-refractivity contribution in [2.24, 2.45) is 0 Å². The molecular weight excluding hydrogens is 300 g/mol. The van der Waals surface area contributed by atoms with Crippen LogP contribution in [0.1, 0.15) is 44.9 Å². The fourth-order valence-electron chi connectivity index (χ4n) is 2.57. The van der Waals surface area contributed by atoms with Gasteiger partial charge in [-0.1, -0.05) is 15.9 Å². The van der Waals surface area contributed by atoms with Crippen molar-refractivity contribution in [2.75, 3.05) is 18.5 Å². The maximum Gasteiger partial charge on any atom is 0.197 e. The Balaban J connectivity index is 1.98. The molecule has 0 spiro atoms. The lowest BCUT2D eigenvalue weighted by Gasteiger charge is -2.43. The predicted octanol–water partition coefficient (Wildman–Crippen LogP) is 2.57. The van der Waals surface area contributed by atoms with Crippen LogP contribution in [0.2, 0.25) is 0 Å². The summed E-state index contributed by atoms with van der Waals surface area (Å²) in [6.07, 6.45) is 5.75. The summed E-state index contributed by atoms with van der Waals surface area (Å²) in [6, 6.07) is 0. The van der Waals surface area contributed by atoms with Gasteiger partial charge in [0.05, 0.1) is 6.61 Å². The Morgan fingerprint density at radius 2 is 2.11 bits per heavy atom. The molecule has 4 nitrogen and oxygen atoms in total. The summed E-state index contributed by atoms with van der Waals surface area (Å²) in [5.74, 6) is -0.853. The number of hydrogen-bond donors (Lipinski definition) is 1. The van der Waals surface area contributed by atoms with Crippen molar-refractivity contribution < 1.29 is 19.3 Å². The summed E-state index contributed by atoms with van der Waals surface area (Å²) in [6.45, 7) is 1.40. The highest BCUT2D eigenvalue weighted by atomic mass is 79.9. The molecule has 2 fully saturated rings. The molecule has 3 unspecified atom stereocenters. The van der Waals surface area contributed by atoms with Crippen molar-refractivity contribution in [1.29, 1.82) is 0 Å². The van der Waals surface area contributed by atoms with Gasteiger partial charge in [0.25, 0.3) is 0 Å². The highest BCUT2D eigenvalue weighted by Gasteiger charge is 2.43. The minimum Gasteiger partial charge on any atom is -0.387 e. The van der Waals surface area contributed by atoms with Crippen molar-refractivity contribution in [3.8, 4) is 0 Å². The van der Waals surface area contributed by atoms with Crippen LogP contribution in [0.4, 0.5) is 0 Å². The molecule has 106 valence electrons. The van der Waals surface area contributed by atoms with Crippen molar-refractivity contribution in [3.05, 3.63) is 0 Å². The van der Waals surface area contributed by atoms with Gasteiger partial charge in [0.15, 0.2) is 12.1 Å². The number of halogens is 1. The van der Waals surface area contributed by atoms with Crippen LogP contribution in [-0.2, 0) is 14.2 Å². The van der Waals surface area contributed by atoms with Crippen LogP contribution < -0.4 is 0 Å². The lowest BCUT2D eigenvalue weighted by molar-refractivity contribution is -0.356. The van der Waals surface area contributed by atoms with Gasteiger partial charge in [-0.15, -0.1) is 0 Å². The van der Waals surface area contributed by atoms with E-state index in [4.69, 9.17) is 14.2 Å². The Labute approximate surface area is 117 Å². The van der Waals surface area contributed by atoms with Crippen LogP contribution in [0.15, 0.2) is 0 Å². The lowest BCUT2D eigenvalue weighted by Crippen LogP contribution is -2.52. The quantitative estimate of drug-likeness (QED) is 0.790. The van der Waals surface area contributed by atoms with E-state index in [9.17, 15) is 5.11 Å². The highest BCUT2D eigenvalue weighted by molar-refractivity contribution is 9.09. The van der Waals surface area contributed by atoms with Crippen molar-refractivity contribution >= 4 is 15.9 Å². The van der Waals surface area contributed by atoms with Crippen molar-refractivity contribution in [2.45, 2.75) is 63.1 Å². The van der Waals surface area contributed by atoms with Gasteiger partial charge in [0, 0.05) is 18.4 Å². The fraction of sp³-hybridized carbons (Fsp3) is 1.00. The Morgan fingerprint density at radius 1 is 1.28 bits per heavy atom. The van der Waals surface area contributed by atoms with E-state index in [1.165, 1.54) is 0 Å². The monoisotopic (exact) mass is 322 g/mol. The molecule has 2 aliphatic heterocycles. The second-order valence-corrected chi connectivity index (χ2v) is 5.82. The Morgan fingerprint density at radius 3 is 2.72 bits per heavy atom. The minimum absolute atomic E-state index is 0.221. The normalized spacial score (nSPS) is 35.3. The highest BCUT2D eigenvalue weighted by Crippen LogP contribution is 2.34. The van der Waals surface area contributed by atoms with Crippen LogP contribution in [0.5, 0.6) is 0 Å².